The molecule has 1 N–H and O–H groups in total. The molecule has 2 aromatic carbocycles. The van der Waals surface area contributed by atoms with Crippen molar-refractivity contribution in [1.29, 1.82) is 0 Å². The van der Waals surface area contributed by atoms with Crippen LogP contribution in [-0.2, 0) is 17.6 Å². The summed E-state index contributed by atoms with van der Waals surface area (Å²) in [5.74, 6) is 0.814. The largest absolute Gasteiger partial charge is 0.493 e. The first-order valence-corrected chi connectivity index (χ1v) is 8.04. The zero-order valence-electron chi connectivity index (χ0n) is 13.6. The number of hydrogen-bond donors (Lipinski definition) is 1. The van der Waals surface area contributed by atoms with E-state index in [0.29, 0.717) is 13.2 Å². The second-order valence-electron chi connectivity index (χ2n) is 5.63. The van der Waals surface area contributed by atoms with Crippen LogP contribution in [0.1, 0.15) is 27.0 Å². The van der Waals surface area contributed by atoms with Crippen molar-refractivity contribution in [2.45, 2.75) is 12.8 Å². The fraction of sp³-hybridized carbons (Fsp3) is 0.200. The number of rotatable bonds is 3. The van der Waals surface area contributed by atoms with Gasteiger partial charge in [-0.3, -0.25) is 4.79 Å². The molecule has 25 heavy (non-hydrogen) atoms. The zero-order chi connectivity index (χ0) is 17.6. The van der Waals surface area contributed by atoms with Crippen molar-refractivity contribution in [2.24, 2.45) is 0 Å². The number of ether oxygens (including phenoxy) is 2. The van der Waals surface area contributed by atoms with Gasteiger partial charge in [-0.05, 0) is 23.8 Å². The Morgan fingerprint density at radius 1 is 0.920 bits per heavy atom. The molecule has 2 aromatic rings. The van der Waals surface area contributed by atoms with E-state index in [-0.39, 0.29) is 0 Å². The fourth-order valence-electron chi connectivity index (χ4n) is 2.92. The van der Waals surface area contributed by atoms with Crippen LogP contribution < -0.4 is 9.47 Å². The number of carbonyl (C=O) groups excluding carboxylic acids is 1. The summed E-state index contributed by atoms with van der Waals surface area (Å²) in [5, 5.41) is 8.51. The average Bonchev–Trinajstić information content (AvgIpc) is 3.29. The van der Waals surface area contributed by atoms with Gasteiger partial charge in [-0.25, -0.2) is 4.79 Å². The quantitative estimate of drug-likeness (QED) is 0.687. The number of carboxylic acids is 1. The van der Waals surface area contributed by atoms with E-state index in [1.165, 1.54) is 0 Å². The number of carboxylic acid groups (broad SMARTS) is 1. The van der Waals surface area contributed by atoms with Crippen molar-refractivity contribution in [2.75, 3.05) is 13.2 Å². The minimum atomic E-state index is -0.929. The van der Waals surface area contributed by atoms with Crippen LogP contribution in [0, 0.1) is 0 Å². The predicted molar refractivity (Wildman–Crippen MR) is 93.3 cm³/mol. The van der Waals surface area contributed by atoms with Gasteiger partial charge in [-0.1, -0.05) is 24.3 Å². The summed E-state index contributed by atoms with van der Waals surface area (Å²) >= 11 is 0. The van der Waals surface area contributed by atoms with Crippen LogP contribution in [0.3, 0.4) is 0 Å². The third kappa shape index (κ3) is 3.88. The number of carbonyl (C=O) groups is 2. The summed E-state index contributed by atoms with van der Waals surface area (Å²) in [7, 11) is 0. The third-order valence-corrected chi connectivity index (χ3v) is 4.09. The highest BCUT2D eigenvalue weighted by Crippen LogP contribution is 2.29. The van der Waals surface area contributed by atoms with Gasteiger partial charge in [-0.2, -0.15) is 0 Å². The maximum absolute atomic E-state index is 10.5. The Morgan fingerprint density at radius 3 is 2.04 bits per heavy atom. The first kappa shape index (κ1) is 16.8. The standard InChI is InChI=1S/C11H10O3.C9H8O2/c12-11(13)5-4-8-2-1-3-10-9(8)6-7-14-10;10-6-7-2-1-3-9-8(7)4-5-11-9/h1-5H,6-7H2,(H,12,13);1-3,6H,4-5H2. The van der Waals surface area contributed by atoms with Crippen LogP contribution in [0.15, 0.2) is 42.5 Å². The number of aldehydes is 1. The van der Waals surface area contributed by atoms with E-state index >= 15 is 0 Å². The normalized spacial score (nSPS) is 13.9. The maximum atomic E-state index is 10.5. The highest BCUT2D eigenvalue weighted by atomic mass is 16.5. The van der Waals surface area contributed by atoms with Crippen LogP contribution in [0.2, 0.25) is 0 Å². The molecule has 5 nitrogen and oxygen atoms in total. The Bertz CT molecular complexity index is 823. The minimum absolute atomic E-state index is 0.688. The molecule has 0 unspecified atom stereocenters. The SMILES string of the molecule is O=C(O)C=Cc1cccc2c1CCO2.O=Cc1cccc2c1CCO2. The van der Waals surface area contributed by atoms with Crippen LogP contribution in [0.25, 0.3) is 6.08 Å². The second kappa shape index (κ2) is 7.66. The number of fused-ring (bicyclic) bond motifs is 2. The molecular formula is C20H18O5. The molecule has 128 valence electrons. The van der Waals surface area contributed by atoms with Gasteiger partial charge in [0.2, 0.25) is 0 Å². The Morgan fingerprint density at radius 2 is 1.48 bits per heavy atom. The van der Waals surface area contributed by atoms with Crippen LogP contribution in [0.5, 0.6) is 11.5 Å². The highest BCUT2D eigenvalue weighted by Gasteiger charge is 2.15. The van der Waals surface area contributed by atoms with E-state index in [0.717, 1.165) is 59.0 Å². The molecule has 0 atom stereocenters. The molecule has 0 aliphatic carbocycles. The van der Waals surface area contributed by atoms with Gasteiger partial charge in [-0.15, -0.1) is 0 Å². The molecule has 0 amide bonds. The molecule has 0 bridgehead atoms. The molecule has 0 saturated heterocycles. The molecule has 0 fully saturated rings. The summed E-state index contributed by atoms with van der Waals surface area (Å²) in [6.45, 7) is 1.40. The van der Waals surface area contributed by atoms with E-state index in [9.17, 15) is 9.59 Å². The van der Waals surface area contributed by atoms with E-state index in [4.69, 9.17) is 14.6 Å². The van der Waals surface area contributed by atoms with E-state index < -0.39 is 5.97 Å². The Hall–Kier alpha value is -3.08. The Labute approximate surface area is 145 Å². The van der Waals surface area contributed by atoms with Gasteiger partial charge >= 0.3 is 5.97 Å². The van der Waals surface area contributed by atoms with Crippen molar-refractivity contribution >= 4 is 18.3 Å². The summed E-state index contributed by atoms with van der Waals surface area (Å²) < 4.78 is 10.6. The lowest BCUT2D eigenvalue weighted by Gasteiger charge is -2.00. The highest BCUT2D eigenvalue weighted by molar-refractivity contribution is 5.85. The first-order valence-electron chi connectivity index (χ1n) is 8.04. The smallest absolute Gasteiger partial charge is 0.328 e. The van der Waals surface area contributed by atoms with Crippen molar-refractivity contribution < 1.29 is 24.2 Å². The van der Waals surface area contributed by atoms with Crippen molar-refractivity contribution in [3.63, 3.8) is 0 Å². The molecule has 5 heteroatoms. The number of aliphatic carboxylic acids is 1. The summed E-state index contributed by atoms with van der Waals surface area (Å²) in [6.07, 6.45) is 5.36. The van der Waals surface area contributed by atoms with Gasteiger partial charge in [0.1, 0.15) is 17.8 Å². The van der Waals surface area contributed by atoms with Crippen molar-refractivity contribution in [3.8, 4) is 11.5 Å². The molecule has 4 rings (SSSR count). The molecule has 2 aliphatic heterocycles. The number of hydrogen-bond acceptors (Lipinski definition) is 4. The van der Waals surface area contributed by atoms with Crippen LogP contribution in [0.4, 0.5) is 0 Å². The lowest BCUT2D eigenvalue weighted by Crippen LogP contribution is -1.88. The summed E-state index contributed by atoms with van der Waals surface area (Å²) in [6, 6.07) is 11.2. The predicted octanol–water partition coefficient (Wildman–Crippen LogP) is 3.15. The first-order chi connectivity index (χ1) is 12.2. The number of benzene rings is 2. The molecule has 2 aliphatic rings. The fourth-order valence-corrected chi connectivity index (χ4v) is 2.92. The van der Waals surface area contributed by atoms with E-state index in [2.05, 4.69) is 0 Å². The maximum Gasteiger partial charge on any atom is 0.328 e. The van der Waals surface area contributed by atoms with Crippen molar-refractivity contribution in [1.82, 2.24) is 0 Å². The molecule has 0 aromatic heterocycles. The van der Waals surface area contributed by atoms with E-state index in [1.54, 1.807) is 6.08 Å². The zero-order valence-corrected chi connectivity index (χ0v) is 13.6. The second-order valence-corrected chi connectivity index (χ2v) is 5.63. The molecule has 0 saturated carbocycles. The Balaban J connectivity index is 0.000000150. The summed E-state index contributed by atoms with van der Waals surface area (Å²) in [4.78, 5) is 20.9. The van der Waals surface area contributed by atoms with Crippen molar-refractivity contribution in [3.05, 3.63) is 64.7 Å². The third-order valence-electron chi connectivity index (χ3n) is 4.09. The Kier molecular flexibility index (Phi) is 5.14. The molecule has 0 spiro atoms. The van der Waals surface area contributed by atoms with Gasteiger partial charge in [0.25, 0.3) is 0 Å². The lowest BCUT2D eigenvalue weighted by atomic mass is 10.0. The summed E-state index contributed by atoms with van der Waals surface area (Å²) in [5.41, 5.74) is 3.86. The molecular weight excluding hydrogens is 320 g/mol. The van der Waals surface area contributed by atoms with Gasteiger partial charge < -0.3 is 14.6 Å². The van der Waals surface area contributed by atoms with Gasteiger partial charge in [0, 0.05) is 35.6 Å². The van der Waals surface area contributed by atoms with Crippen LogP contribution in [-0.4, -0.2) is 30.6 Å². The average molecular weight is 338 g/mol. The lowest BCUT2D eigenvalue weighted by molar-refractivity contribution is -0.131. The minimum Gasteiger partial charge on any atom is -0.493 e. The molecule has 0 radical (unpaired) electrons. The van der Waals surface area contributed by atoms with Gasteiger partial charge in [0.15, 0.2) is 0 Å². The van der Waals surface area contributed by atoms with Crippen LogP contribution >= 0.6 is 0 Å². The molecule has 2 heterocycles. The van der Waals surface area contributed by atoms with E-state index in [1.807, 2.05) is 36.4 Å². The monoisotopic (exact) mass is 338 g/mol. The topological polar surface area (TPSA) is 72.8 Å². The van der Waals surface area contributed by atoms with Gasteiger partial charge in [0.05, 0.1) is 13.2 Å².